The first-order valence-electron chi connectivity index (χ1n) is 6.99. The third kappa shape index (κ3) is 2.70. The summed E-state index contributed by atoms with van der Waals surface area (Å²) in [5.41, 5.74) is 2.89. The molecular weight excluding hydrogens is 282 g/mol. The minimum absolute atomic E-state index is 0.00610. The molecule has 2 aromatic carbocycles. The van der Waals surface area contributed by atoms with Crippen LogP contribution in [0.15, 0.2) is 36.4 Å². The first-order chi connectivity index (χ1) is 10.7. The first-order valence-corrected chi connectivity index (χ1v) is 6.99. The lowest BCUT2D eigenvalue weighted by Crippen LogP contribution is -2.19. The number of hydrogen-bond donors (Lipinski definition) is 1. The molecule has 5 nitrogen and oxygen atoms in total. The van der Waals surface area contributed by atoms with Gasteiger partial charge in [0, 0.05) is 18.7 Å². The van der Waals surface area contributed by atoms with Crippen LogP contribution in [0.1, 0.15) is 5.56 Å². The molecular formula is C17H17NO4. The Kier molecular flexibility index (Phi) is 3.87. The quantitative estimate of drug-likeness (QED) is 0.941. The van der Waals surface area contributed by atoms with E-state index < -0.39 is 0 Å². The Balaban J connectivity index is 1.92. The SMILES string of the molecule is CNC(=O)Cc1ccc(-c2cc3c(cc2OC)OCO3)cc1. The Morgan fingerprint density at radius 3 is 2.50 bits per heavy atom. The van der Waals surface area contributed by atoms with Gasteiger partial charge in [-0.2, -0.15) is 0 Å². The largest absolute Gasteiger partial charge is 0.496 e. The predicted molar refractivity (Wildman–Crippen MR) is 82.3 cm³/mol. The van der Waals surface area contributed by atoms with Gasteiger partial charge < -0.3 is 19.5 Å². The van der Waals surface area contributed by atoms with Crippen molar-refractivity contribution in [2.75, 3.05) is 21.0 Å². The van der Waals surface area contributed by atoms with E-state index in [2.05, 4.69) is 5.32 Å². The lowest BCUT2D eigenvalue weighted by molar-refractivity contribution is -0.119. The zero-order chi connectivity index (χ0) is 15.5. The highest BCUT2D eigenvalue weighted by atomic mass is 16.7. The van der Waals surface area contributed by atoms with E-state index in [4.69, 9.17) is 14.2 Å². The van der Waals surface area contributed by atoms with E-state index in [0.29, 0.717) is 17.9 Å². The number of benzene rings is 2. The maximum atomic E-state index is 11.4. The normalized spacial score (nSPS) is 12.1. The second kappa shape index (κ2) is 5.97. The molecule has 0 saturated carbocycles. The Bertz CT molecular complexity index is 695. The fourth-order valence-electron chi connectivity index (χ4n) is 2.39. The Labute approximate surface area is 128 Å². The topological polar surface area (TPSA) is 56.8 Å². The zero-order valence-corrected chi connectivity index (χ0v) is 12.5. The van der Waals surface area contributed by atoms with E-state index in [-0.39, 0.29) is 12.7 Å². The number of amides is 1. The zero-order valence-electron chi connectivity index (χ0n) is 12.5. The van der Waals surface area contributed by atoms with Gasteiger partial charge in [-0.15, -0.1) is 0 Å². The molecule has 1 aliphatic rings. The van der Waals surface area contributed by atoms with Crippen LogP contribution >= 0.6 is 0 Å². The van der Waals surface area contributed by atoms with E-state index in [1.807, 2.05) is 36.4 Å². The molecule has 5 heteroatoms. The molecule has 0 fully saturated rings. The summed E-state index contributed by atoms with van der Waals surface area (Å²) in [6.07, 6.45) is 0.370. The van der Waals surface area contributed by atoms with Crippen LogP contribution in [0.5, 0.6) is 17.2 Å². The van der Waals surface area contributed by atoms with Gasteiger partial charge >= 0.3 is 0 Å². The van der Waals surface area contributed by atoms with Crippen molar-refractivity contribution in [3.05, 3.63) is 42.0 Å². The number of ether oxygens (including phenoxy) is 3. The lowest BCUT2D eigenvalue weighted by Gasteiger charge is -2.11. The van der Waals surface area contributed by atoms with E-state index in [0.717, 1.165) is 22.4 Å². The molecule has 0 spiro atoms. The number of methoxy groups -OCH3 is 1. The van der Waals surface area contributed by atoms with Crippen molar-refractivity contribution in [3.8, 4) is 28.4 Å². The molecule has 1 amide bonds. The van der Waals surface area contributed by atoms with Crippen LogP contribution in [0, 0.1) is 0 Å². The molecule has 0 atom stereocenters. The maximum absolute atomic E-state index is 11.4. The Morgan fingerprint density at radius 2 is 1.86 bits per heavy atom. The van der Waals surface area contributed by atoms with Gasteiger partial charge in [0.1, 0.15) is 5.75 Å². The summed E-state index contributed by atoms with van der Waals surface area (Å²) in [5.74, 6) is 2.12. The van der Waals surface area contributed by atoms with Crippen molar-refractivity contribution >= 4 is 5.91 Å². The van der Waals surface area contributed by atoms with Crippen LogP contribution in [-0.4, -0.2) is 26.9 Å². The minimum Gasteiger partial charge on any atom is -0.496 e. The highest BCUT2D eigenvalue weighted by Gasteiger charge is 2.18. The third-order valence-electron chi connectivity index (χ3n) is 3.60. The molecule has 1 heterocycles. The number of likely N-dealkylation sites (N-methyl/N-ethyl adjacent to an activating group) is 1. The Hall–Kier alpha value is -2.69. The minimum atomic E-state index is -0.00610. The molecule has 2 aromatic rings. The molecule has 0 aromatic heterocycles. The van der Waals surface area contributed by atoms with E-state index in [1.165, 1.54) is 0 Å². The maximum Gasteiger partial charge on any atom is 0.231 e. The van der Waals surface area contributed by atoms with Gasteiger partial charge in [-0.25, -0.2) is 0 Å². The third-order valence-corrected chi connectivity index (χ3v) is 3.60. The van der Waals surface area contributed by atoms with Gasteiger partial charge in [0.05, 0.1) is 13.5 Å². The van der Waals surface area contributed by atoms with Crippen LogP contribution in [0.25, 0.3) is 11.1 Å². The van der Waals surface area contributed by atoms with Crippen molar-refractivity contribution < 1.29 is 19.0 Å². The molecule has 1 aliphatic heterocycles. The molecule has 22 heavy (non-hydrogen) atoms. The van der Waals surface area contributed by atoms with Gasteiger partial charge in [0.2, 0.25) is 12.7 Å². The summed E-state index contributed by atoms with van der Waals surface area (Å²) >= 11 is 0. The van der Waals surface area contributed by atoms with Crippen molar-refractivity contribution in [1.29, 1.82) is 0 Å². The number of hydrogen-bond acceptors (Lipinski definition) is 4. The summed E-state index contributed by atoms with van der Waals surface area (Å²) < 4.78 is 16.2. The highest BCUT2D eigenvalue weighted by Crippen LogP contribution is 2.42. The lowest BCUT2D eigenvalue weighted by atomic mass is 10.0. The molecule has 3 rings (SSSR count). The molecule has 0 aliphatic carbocycles. The molecule has 1 N–H and O–H groups in total. The molecule has 0 radical (unpaired) electrons. The van der Waals surface area contributed by atoms with Gasteiger partial charge in [0.15, 0.2) is 11.5 Å². The second-order valence-corrected chi connectivity index (χ2v) is 4.95. The summed E-state index contributed by atoms with van der Waals surface area (Å²) in [6, 6.07) is 11.6. The monoisotopic (exact) mass is 299 g/mol. The average molecular weight is 299 g/mol. The van der Waals surface area contributed by atoms with Crippen LogP contribution in [0.2, 0.25) is 0 Å². The van der Waals surface area contributed by atoms with Crippen molar-refractivity contribution in [2.45, 2.75) is 6.42 Å². The Morgan fingerprint density at radius 1 is 1.18 bits per heavy atom. The van der Waals surface area contributed by atoms with E-state index in [1.54, 1.807) is 14.2 Å². The molecule has 0 unspecified atom stereocenters. The number of rotatable bonds is 4. The predicted octanol–water partition coefficient (Wildman–Crippen LogP) is 2.38. The number of fused-ring (bicyclic) bond motifs is 1. The van der Waals surface area contributed by atoms with E-state index >= 15 is 0 Å². The number of nitrogens with one attached hydrogen (secondary N) is 1. The average Bonchev–Trinajstić information content (AvgIpc) is 3.01. The standard InChI is InChI=1S/C17H17NO4/c1-18-17(19)7-11-3-5-12(6-4-11)13-8-15-16(22-10-21-15)9-14(13)20-2/h3-6,8-9H,7,10H2,1-2H3,(H,18,19). The van der Waals surface area contributed by atoms with Crippen LogP contribution in [-0.2, 0) is 11.2 Å². The van der Waals surface area contributed by atoms with E-state index in [9.17, 15) is 4.79 Å². The summed E-state index contributed by atoms with van der Waals surface area (Å²) in [5, 5.41) is 2.62. The number of carbonyl (C=O) groups excluding carboxylic acids is 1. The van der Waals surface area contributed by atoms with Crippen molar-refractivity contribution in [3.63, 3.8) is 0 Å². The molecule has 0 saturated heterocycles. The van der Waals surface area contributed by atoms with Gasteiger partial charge in [-0.3, -0.25) is 4.79 Å². The second-order valence-electron chi connectivity index (χ2n) is 4.95. The van der Waals surface area contributed by atoms with Crippen LogP contribution < -0.4 is 19.5 Å². The summed E-state index contributed by atoms with van der Waals surface area (Å²) in [6.45, 7) is 0.229. The van der Waals surface area contributed by atoms with Gasteiger partial charge in [-0.05, 0) is 17.2 Å². The summed E-state index contributed by atoms with van der Waals surface area (Å²) in [4.78, 5) is 11.4. The van der Waals surface area contributed by atoms with Crippen molar-refractivity contribution in [1.82, 2.24) is 5.32 Å². The van der Waals surface area contributed by atoms with Gasteiger partial charge in [0.25, 0.3) is 0 Å². The number of carbonyl (C=O) groups is 1. The smallest absolute Gasteiger partial charge is 0.231 e. The summed E-state index contributed by atoms with van der Waals surface area (Å²) in [7, 11) is 3.26. The fraction of sp³-hybridized carbons (Fsp3) is 0.235. The fourth-order valence-corrected chi connectivity index (χ4v) is 2.39. The first kappa shape index (κ1) is 14.3. The molecule has 114 valence electrons. The molecule has 0 bridgehead atoms. The van der Waals surface area contributed by atoms with Gasteiger partial charge in [-0.1, -0.05) is 24.3 Å². The van der Waals surface area contributed by atoms with Crippen LogP contribution in [0.3, 0.4) is 0 Å². The van der Waals surface area contributed by atoms with Crippen LogP contribution in [0.4, 0.5) is 0 Å². The highest BCUT2D eigenvalue weighted by molar-refractivity contribution is 5.79. The van der Waals surface area contributed by atoms with Crippen molar-refractivity contribution in [2.24, 2.45) is 0 Å².